The van der Waals surface area contributed by atoms with Gasteiger partial charge in [0.25, 0.3) is 5.91 Å². The number of aromatic nitrogens is 3. The van der Waals surface area contributed by atoms with Crippen LogP contribution in [-0.4, -0.2) is 52.9 Å². The number of rotatable bonds is 2. The maximum atomic E-state index is 12.6. The van der Waals surface area contributed by atoms with Gasteiger partial charge in [-0.2, -0.15) is 28.1 Å². The molecule has 1 amide bonds. The molecule has 4 aliphatic rings. The number of anilines is 3. The predicted octanol–water partition coefficient (Wildman–Crippen LogP) is 3.33. The monoisotopic (exact) mass is 471 g/mol. The lowest BCUT2D eigenvalue weighted by Crippen LogP contribution is -2.26. The van der Waals surface area contributed by atoms with Gasteiger partial charge in [0.15, 0.2) is 6.61 Å². The Hall–Kier alpha value is -4.22. The Balaban J connectivity index is 1.63. The minimum atomic E-state index is -4.54. The summed E-state index contributed by atoms with van der Waals surface area (Å²) in [5.41, 5.74) is 2.73. The highest BCUT2D eigenvalue weighted by atomic mass is 19.4. The fraction of sp³-hybridized carbons (Fsp3) is 0.227. The molecule has 9 nitrogen and oxygen atoms in total. The van der Waals surface area contributed by atoms with Gasteiger partial charge < -0.3 is 20.7 Å². The predicted molar refractivity (Wildman–Crippen MR) is 120 cm³/mol. The van der Waals surface area contributed by atoms with Gasteiger partial charge in [0, 0.05) is 30.6 Å². The summed E-state index contributed by atoms with van der Waals surface area (Å²) in [7, 11) is 0. The Morgan fingerprint density at radius 3 is 2.38 bits per heavy atom. The van der Waals surface area contributed by atoms with Gasteiger partial charge in [-0.1, -0.05) is 24.3 Å². The molecule has 2 aromatic carbocycles. The van der Waals surface area contributed by atoms with Crippen molar-refractivity contribution >= 4 is 29.7 Å². The standard InChI is InChI=1S/C22H20F3N7O2/c23-22(24,25)13-34-21-31-19-28-12-15-3-1-14(2-4-15)11-26-9-10-27-18(33)16-5-7-17(8-6-16)29-20(30-19)32-21/h1-8,11H,9-10,12-13H2,(H,27,33)(H2,28,29,30,31,32). The van der Waals surface area contributed by atoms with Crippen LogP contribution in [0.2, 0.25) is 0 Å². The fourth-order valence-electron chi connectivity index (χ4n) is 2.95. The highest BCUT2D eigenvalue weighted by Crippen LogP contribution is 2.20. The second kappa shape index (κ2) is 10.1. The lowest BCUT2D eigenvalue weighted by atomic mass is 10.1. The minimum absolute atomic E-state index is 0.0205. The summed E-state index contributed by atoms with van der Waals surface area (Å²) in [6.07, 6.45) is -2.83. The zero-order valence-corrected chi connectivity index (χ0v) is 17.8. The van der Waals surface area contributed by atoms with Crippen molar-refractivity contribution < 1.29 is 22.7 Å². The number of benzene rings is 2. The van der Waals surface area contributed by atoms with Crippen molar-refractivity contribution in [2.75, 3.05) is 30.3 Å². The van der Waals surface area contributed by atoms with E-state index < -0.39 is 18.8 Å². The highest BCUT2D eigenvalue weighted by Gasteiger charge is 2.29. The Labute approximate surface area is 192 Å². The van der Waals surface area contributed by atoms with Crippen LogP contribution in [0.4, 0.5) is 30.8 Å². The van der Waals surface area contributed by atoms with Crippen LogP contribution >= 0.6 is 0 Å². The number of hydrogen-bond donors (Lipinski definition) is 3. The first-order valence-corrected chi connectivity index (χ1v) is 10.3. The smallest absolute Gasteiger partial charge is 0.422 e. The van der Waals surface area contributed by atoms with E-state index >= 15 is 0 Å². The zero-order valence-electron chi connectivity index (χ0n) is 17.8. The number of aliphatic imine (C=N–C) groups is 1. The molecule has 5 heterocycles. The van der Waals surface area contributed by atoms with Gasteiger partial charge in [-0.25, -0.2) is 0 Å². The molecule has 0 radical (unpaired) electrons. The first-order chi connectivity index (χ1) is 16.3. The van der Waals surface area contributed by atoms with E-state index in [-0.39, 0.29) is 17.8 Å². The van der Waals surface area contributed by atoms with E-state index in [1.54, 1.807) is 30.5 Å². The van der Waals surface area contributed by atoms with E-state index in [1.165, 1.54) is 0 Å². The number of halogens is 3. The summed E-state index contributed by atoms with van der Waals surface area (Å²) in [4.78, 5) is 28.7. The molecule has 3 aromatic rings. The molecule has 0 unspecified atom stereocenters. The molecule has 4 aliphatic heterocycles. The molecular weight excluding hydrogens is 451 g/mol. The number of nitrogens with zero attached hydrogens (tertiary/aromatic N) is 4. The second-order valence-electron chi connectivity index (χ2n) is 7.26. The minimum Gasteiger partial charge on any atom is -0.454 e. The average Bonchev–Trinajstić information content (AvgIpc) is 2.81. The van der Waals surface area contributed by atoms with Crippen LogP contribution in [0.5, 0.6) is 6.01 Å². The van der Waals surface area contributed by atoms with Gasteiger partial charge in [-0.05, 0) is 35.4 Å². The second-order valence-corrected chi connectivity index (χ2v) is 7.26. The number of carbonyl (C=O) groups excluding carboxylic acids is 1. The van der Waals surface area contributed by atoms with Crippen LogP contribution in [0.15, 0.2) is 53.5 Å². The molecule has 3 N–H and O–H groups in total. The number of carbonyl (C=O) groups is 1. The first kappa shape index (κ1) is 23.0. The summed E-state index contributed by atoms with van der Waals surface area (Å²) < 4.78 is 42.6. The average molecular weight is 471 g/mol. The van der Waals surface area contributed by atoms with Crippen LogP contribution in [0.1, 0.15) is 21.5 Å². The summed E-state index contributed by atoms with van der Waals surface area (Å²) >= 11 is 0. The number of amides is 1. The largest absolute Gasteiger partial charge is 0.454 e. The quantitative estimate of drug-likeness (QED) is 0.525. The normalized spacial score (nSPS) is 14.1. The van der Waals surface area contributed by atoms with Crippen LogP contribution in [0, 0.1) is 0 Å². The summed E-state index contributed by atoms with van der Waals surface area (Å²) in [6.45, 7) is -0.403. The molecule has 0 spiro atoms. The Bertz CT molecular complexity index is 1170. The molecule has 6 bridgehead atoms. The molecule has 0 fully saturated rings. The molecule has 7 rings (SSSR count). The lowest BCUT2D eigenvalue weighted by Gasteiger charge is -2.12. The van der Waals surface area contributed by atoms with Crippen molar-refractivity contribution in [3.05, 3.63) is 65.2 Å². The van der Waals surface area contributed by atoms with Gasteiger partial charge in [-0.3, -0.25) is 9.79 Å². The van der Waals surface area contributed by atoms with Crippen LogP contribution in [0.25, 0.3) is 0 Å². The molecule has 0 saturated heterocycles. The van der Waals surface area contributed by atoms with Crippen LogP contribution in [-0.2, 0) is 6.54 Å². The molecular formula is C22H20F3N7O2. The third-order valence-corrected chi connectivity index (χ3v) is 4.58. The molecule has 0 saturated carbocycles. The topological polar surface area (TPSA) is 113 Å². The lowest BCUT2D eigenvalue weighted by molar-refractivity contribution is -0.154. The Morgan fingerprint density at radius 1 is 0.912 bits per heavy atom. The maximum Gasteiger partial charge on any atom is 0.422 e. The Morgan fingerprint density at radius 2 is 1.65 bits per heavy atom. The molecule has 176 valence electrons. The van der Waals surface area contributed by atoms with Gasteiger partial charge in [0.05, 0.1) is 6.54 Å². The van der Waals surface area contributed by atoms with Crippen molar-refractivity contribution in [2.45, 2.75) is 12.7 Å². The van der Waals surface area contributed by atoms with Crippen LogP contribution in [0.3, 0.4) is 0 Å². The SMILES string of the molecule is O=C1NCCN=Cc2ccc(cc2)CNc2nc(nc(OCC(F)(F)F)n2)Nc2ccc1cc2. The summed E-state index contributed by atoms with van der Waals surface area (Å²) in [5.74, 6) is -0.242. The summed E-state index contributed by atoms with van der Waals surface area (Å²) in [6, 6.07) is 13.5. The number of ether oxygens (including phenoxy) is 1. The Kier molecular flexibility index (Phi) is 6.85. The highest BCUT2D eigenvalue weighted by molar-refractivity contribution is 5.94. The third-order valence-electron chi connectivity index (χ3n) is 4.58. The van der Waals surface area contributed by atoms with Gasteiger partial charge in [0.2, 0.25) is 11.9 Å². The van der Waals surface area contributed by atoms with Crippen molar-refractivity contribution in [2.24, 2.45) is 4.99 Å². The number of nitrogens with one attached hydrogen (secondary N) is 3. The number of alkyl halides is 3. The molecule has 0 atom stereocenters. The van der Waals surface area contributed by atoms with Gasteiger partial charge >= 0.3 is 12.2 Å². The van der Waals surface area contributed by atoms with Crippen molar-refractivity contribution in [3.63, 3.8) is 0 Å². The fourth-order valence-corrected chi connectivity index (χ4v) is 2.95. The van der Waals surface area contributed by atoms with E-state index in [2.05, 4.69) is 35.9 Å². The molecule has 1 aromatic heterocycles. The van der Waals surface area contributed by atoms with Gasteiger partial charge in [-0.15, -0.1) is 0 Å². The maximum absolute atomic E-state index is 12.6. The molecule has 0 aliphatic carbocycles. The van der Waals surface area contributed by atoms with E-state index in [4.69, 9.17) is 4.74 Å². The third kappa shape index (κ3) is 6.64. The first-order valence-electron chi connectivity index (χ1n) is 10.3. The summed E-state index contributed by atoms with van der Waals surface area (Å²) in [5, 5.41) is 8.65. The van der Waals surface area contributed by atoms with Gasteiger partial charge in [0.1, 0.15) is 0 Å². The van der Waals surface area contributed by atoms with Crippen molar-refractivity contribution in [1.82, 2.24) is 20.3 Å². The van der Waals surface area contributed by atoms with E-state index in [1.807, 2.05) is 24.3 Å². The van der Waals surface area contributed by atoms with E-state index in [0.717, 1.165) is 11.1 Å². The van der Waals surface area contributed by atoms with Crippen LogP contribution < -0.4 is 20.7 Å². The van der Waals surface area contributed by atoms with Crippen molar-refractivity contribution in [1.29, 1.82) is 0 Å². The zero-order chi connectivity index (χ0) is 24.0. The van der Waals surface area contributed by atoms with Crippen molar-refractivity contribution in [3.8, 4) is 6.01 Å². The van der Waals surface area contributed by atoms with E-state index in [0.29, 0.717) is 30.9 Å². The number of hydrogen-bond acceptors (Lipinski definition) is 8. The molecule has 34 heavy (non-hydrogen) atoms. The molecule has 12 heteroatoms. The van der Waals surface area contributed by atoms with E-state index in [9.17, 15) is 18.0 Å².